The number of carbonyl (C=O) groups excluding carboxylic acids is 2. The zero-order valence-corrected chi connectivity index (χ0v) is 38.3. The Morgan fingerprint density at radius 3 is 1.41 bits per heavy atom. The molecule has 0 aromatic rings. The second kappa shape index (κ2) is 37.2. The Bertz CT molecular complexity index is 1250. The van der Waals surface area contributed by atoms with Crippen molar-refractivity contribution in [3.05, 3.63) is 48.6 Å². The normalized spacial score (nSPS) is 22.4. The lowest BCUT2D eigenvalue weighted by Crippen LogP contribution is -2.64. The standard InChI is InChI=1S/C47H83O13P/c1-3-5-7-9-11-13-15-17-19-20-22-24-26-28-30-32-34-36-41(49)59-39(38-58-61(55,56)60-47-45(53)43(51)42(50)44(52)46(47)54)37-57-40(48)35-33-31-29-27-25-23-21-18-16-14-12-10-8-6-4-2/h13,15,19-20,24,26,30,32,39,42-47,50-54H,3-12,14,16-18,21-23,25,27-29,31,33-38H2,1-2H3,(H,55,56). The lowest BCUT2D eigenvalue weighted by molar-refractivity contribution is -0.220. The smallest absolute Gasteiger partial charge is 0.462 e. The molecule has 1 fully saturated rings. The molecule has 1 aliphatic rings. The molecule has 14 heteroatoms. The maximum atomic E-state index is 12.8. The molecule has 6 unspecified atom stereocenters. The summed E-state index contributed by atoms with van der Waals surface area (Å²) >= 11 is 0. The number of carbonyl (C=O) groups is 2. The topological polar surface area (TPSA) is 210 Å². The van der Waals surface area contributed by atoms with Crippen LogP contribution in [0.5, 0.6) is 0 Å². The monoisotopic (exact) mass is 887 g/mol. The Morgan fingerprint density at radius 2 is 0.918 bits per heavy atom. The summed E-state index contributed by atoms with van der Waals surface area (Å²) in [6.07, 6.45) is 30.4. The molecule has 13 nitrogen and oxygen atoms in total. The molecule has 0 aromatic carbocycles. The van der Waals surface area contributed by atoms with Crippen molar-refractivity contribution in [1.82, 2.24) is 0 Å². The minimum Gasteiger partial charge on any atom is -0.462 e. The van der Waals surface area contributed by atoms with Crippen molar-refractivity contribution in [2.24, 2.45) is 0 Å². The highest BCUT2D eigenvalue weighted by atomic mass is 31.2. The van der Waals surface area contributed by atoms with E-state index in [1.807, 2.05) is 18.2 Å². The van der Waals surface area contributed by atoms with Gasteiger partial charge in [0, 0.05) is 12.8 Å². The van der Waals surface area contributed by atoms with Crippen LogP contribution in [-0.4, -0.2) is 98.3 Å². The average Bonchev–Trinajstić information content (AvgIpc) is 3.24. The van der Waals surface area contributed by atoms with Crippen LogP contribution in [0.1, 0.15) is 181 Å². The molecule has 1 saturated carbocycles. The minimum absolute atomic E-state index is 0.0233. The highest BCUT2D eigenvalue weighted by molar-refractivity contribution is 7.47. The number of phosphoric ester groups is 1. The molecule has 1 rings (SSSR count). The van der Waals surface area contributed by atoms with Crippen molar-refractivity contribution in [1.29, 1.82) is 0 Å². The third-order valence-corrected chi connectivity index (χ3v) is 11.7. The predicted octanol–water partition coefficient (Wildman–Crippen LogP) is 9.17. The quantitative estimate of drug-likeness (QED) is 0.0148. The molecule has 61 heavy (non-hydrogen) atoms. The molecule has 0 aliphatic heterocycles. The van der Waals surface area contributed by atoms with E-state index < -0.39 is 75.7 Å². The van der Waals surface area contributed by atoms with Gasteiger partial charge in [-0.3, -0.25) is 18.6 Å². The first-order chi connectivity index (χ1) is 29.4. The van der Waals surface area contributed by atoms with Crippen LogP contribution in [-0.2, 0) is 32.7 Å². The number of ether oxygens (including phenoxy) is 2. The van der Waals surface area contributed by atoms with Crippen LogP contribution in [0.25, 0.3) is 0 Å². The van der Waals surface area contributed by atoms with E-state index in [2.05, 4.69) is 44.2 Å². The van der Waals surface area contributed by atoms with Gasteiger partial charge in [0.2, 0.25) is 0 Å². The summed E-state index contributed by atoms with van der Waals surface area (Å²) in [5.74, 6) is -1.19. The van der Waals surface area contributed by atoms with Crippen molar-refractivity contribution in [2.75, 3.05) is 13.2 Å². The number of esters is 2. The lowest BCUT2D eigenvalue weighted by atomic mass is 9.85. The van der Waals surface area contributed by atoms with Gasteiger partial charge in [-0.25, -0.2) is 4.57 Å². The van der Waals surface area contributed by atoms with Crippen molar-refractivity contribution in [2.45, 2.75) is 224 Å². The maximum absolute atomic E-state index is 12.8. The van der Waals surface area contributed by atoms with E-state index in [-0.39, 0.29) is 12.8 Å². The van der Waals surface area contributed by atoms with Gasteiger partial charge in [-0.2, -0.15) is 0 Å². The van der Waals surface area contributed by atoms with Crippen molar-refractivity contribution in [3.63, 3.8) is 0 Å². The van der Waals surface area contributed by atoms with Gasteiger partial charge in [0.25, 0.3) is 0 Å². The summed E-state index contributed by atoms with van der Waals surface area (Å²) in [5, 5.41) is 50.1. The molecule has 0 amide bonds. The third kappa shape index (κ3) is 29.7. The number of unbranched alkanes of at least 4 members (excludes halogenated alkanes) is 18. The fraction of sp³-hybridized carbons (Fsp3) is 0.787. The number of phosphoric acid groups is 1. The van der Waals surface area contributed by atoms with Gasteiger partial charge in [0.1, 0.15) is 43.2 Å². The molecule has 0 radical (unpaired) electrons. The van der Waals surface area contributed by atoms with Crippen molar-refractivity contribution < 1.29 is 63.1 Å². The van der Waals surface area contributed by atoms with E-state index in [0.717, 1.165) is 38.5 Å². The van der Waals surface area contributed by atoms with E-state index in [9.17, 15) is 44.6 Å². The summed E-state index contributed by atoms with van der Waals surface area (Å²) in [7, 11) is -5.14. The van der Waals surface area contributed by atoms with Crippen LogP contribution in [0.4, 0.5) is 0 Å². The summed E-state index contributed by atoms with van der Waals surface area (Å²) in [6, 6.07) is 0. The first-order valence-electron chi connectivity index (χ1n) is 23.4. The SMILES string of the molecule is CCCCCCC=CCC=CCC=CCC=CCCC(=O)OC(COC(=O)CCCCCCCCCCCCCCCCC)COP(=O)(O)OC1C(O)C(O)C(O)C(O)C1O. The molecule has 0 heterocycles. The summed E-state index contributed by atoms with van der Waals surface area (Å²) < 4.78 is 33.4. The zero-order valence-electron chi connectivity index (χ0n) is 37.4. The van der Waals surface area contributed by atoms with Crippen LogP contribution in [0.2, 0.25) is 0 Å². The van der Waals surface area contributed by atoms with Gasteiger partial charge >= 0.3 is 19.8 Å². The molecule has 0 bridgehead atoms. The summed E-state index contributed by atoms with van der Waals surface area (Å²) in [5.41, 5.74) is 0. The summed E-state index contributed by atoms with van der Waals surface area (Å²) in [6.45, 7) is 3.22. The molecule has 0 aromatic heterocycles. The summed E-state index contributed by atoms with van der Waals surface area (Å²) in [4.78, 5) is 35.7. The molecule has 1 aliphatic carbocycles. The third-order valence-electron chi connectivity index (χ3n) is 10.7. The van der Waals surface area contributed by atoms with Crippen LogP contribution in [0.3, 0.4) is 0 Å². The molecule has 354 valence electrons. The Labute approximate surface area is 367 Å². The van der Waals surface area contributed by atoms with E-state index >= 15 is 0 Å². The Morgan fingerprint density at radius 1 is 0.508 bits per heavy atom. The van der Waals surface area contributed by atoms with Crippen molar-refractivity contribution >= 4 is 19.8 Å². The number of allylic oxidation sites excluding steroid dienone is 8. The Balaban J connectivity index is 2.51. The molecule has 6 N–H and O–H groups in total. The number of aliphatic hydroxyl groups excluding tert-OH is 5. The second-order valence-corrected chi connectivity index (χ2v) is 17.7. The van der Waals surface area contributed by atoms with Gasteiger partial charge in [-0.15, -0.1) is 0 Å². The first-order valence-corrected chi connectivity index (χ1v) is 24.9. The number of rotatable bonds is 38. The molecular weight excluding hydrogens is 803 g/mol. The first kappa shape index (κ1) is 56.8. The number of hydrogen-bond acceptors (Lipinski definition) is 12. The van der Waals surface area contributed by atoms with E-state index in [4.69, 9.17) is 18.5 Å². The second-order valence-electron chi connectivity index (χ2n) is 16.3. The number of aliphatic hydroxyl groups is 5. The predicted molar refractivity (Wildman–Crippen MR) is 239 cm³/mol. The average molecular weight is 887 g/mol. The highest BCUT2D eigenvalue weighted by Gasteiger charge is 2.51. The fourth-order valence-corrected chi connectivity index (χ4v) is 7.85. The minimum atomic E-state index is -5.14. The Kier molecular flexibility index (Phi) is 34.7. The Hall–Kier alpha value is -2.19. The molecule has 0 saturated heterocycles. The van der Waals surface area contributed by atoms with Gasteiger partial charge in [-0.05, 0) is 44.9 Å². The van der Waals surface area contributed by atoms with Crippen LogP contribution in [0, 0.1) is 0 Å². The highest BCUT2D eigenvalue weighted by Crippen LogP contribution is 2.47. The molecule has 6 atom stereocenters. The van der Waals surface area contributed by atoms with Crippen LogP contribution >= 0.6 is 7.82 Å². The largest absolute Gasteiger partial charge is 0.472 e. The van der Waals surface area contributed by atoms with Crippen LogP contribution < -0.4 is 0 Å². The van der Waals surface area contributed by atoms with Gasteiger partial charge in [-0.1, -0.05) is 172 Å². The van der Waals surface area contributed by atoms with E-state index in [1.54, 1.807) is 0 Å². The van der Waals surface area contributed by atoms with Gasteiger partial charge in [0.05, 0.1) is 6.61 Å². The van der Waals surface area contributed by atoms with Crippen LogP contribution in [0.15, 0.2) is 48.6 Å². The van der Waals surface area contributed by atoms with E-state index in [0.29, 0.717) is 19.3 Å². The molecular formula is C47H83O13P. The van der Waals surface area contributed by atoms with Gasteiger partial charge < -0.3 is 39.9 Å². The van der Waals surface area contributed by atoms with E-state index in [1.165, 1.54) is 96.3 Å². The fourth-order valence-electron chi connectivity index (χ4n) is 6.88. The molecule has 0 spiro atoms. The van der Waals surface area contributed by atoms with Gasteiger partial charge in [0.15, 0.2) is 6.10 Å². The van der Waals surface area contributed by atoms with Crippen molar-refractivity contribution in [3.8, 4) is 0 Å². The number of hydrogen-bond donors (Lipinski definition) is 6. The maximum Gasteiger partial charge on any atom is 0.472 e. The lowest BCUT2D eigenvalue weighted by Gasteiger charge is -2.41. The zero-order chi connectivity index (χ0) is 45.0.